The maximum Gasteiger partial charge on any atom is 0.321 e. The molecule has 1 aromatic heterocycles. The average Bonchev–Trinajstić information content (AvgIpc) is 2.89. The van der Waals surface area contributed by atoms with Crippen LogP contribution in [0.4, 0.5) is 10.5 Å². The average molecular weight is 279 g/mol. The maximum atomic E-state index is 11.9. The zero-order valence-corrected chi connectivity index (χ0v) is 11.4. The first-order valence-electron chi connectivity index (χ1n) is 5.95. The smallest absolute Gasteiger partial charge is 0.321 e. The maximum absolute atomic E-state index is 11.9. The van der Waals surface area contributed by atoms with Crippen LogP contribution in [0.15, 0.2) is 47.1 Å². The molecule has 0 aliphatic carbocycles. The van der Waals surface area contributed by atoms with Gasteiger partial charge in [-0.2, -0.15) is 0 Å². The van der Waals surface area contributed by atoms with Gasteiger partial charge in [0.25, 0.3) is 0 Å². The fourth-order valence-corrected chi connectivity index (χ4v) is 1.81. The number of amides is 2. The molecule has 0 atom stereocenters. The molecule has 0 saturated carbocycles. The van der Waals surface area contributed by atoms with Crippen LogP contribution in [0, 0.1) is 0 Å². The quantitative estimate of drug-likeness (QED) is 0.928. The van der Waals surface area contributed by atoms with Crippen LogP contribution in [-0.2, 0) is 6.42 Å². The summed E-state index contributed by atoms with van der Waals surface area (Å²) >= 11 is 5.86. The first-order chi connectivity index (χ1) is 9.15. The molecular formula is C14H15ClN2O2. The van der Waals surface area contributed by atoms with E-state index in [2.05, 4.69) is 5.32 Å². The van der Waals surface area contributed by atoms with Crippen molar-refractivity contribution in [3.8, 4) is 0 Å². The molecular weight excluding hydrogens is 264 g/mol. The lowest BCUT2D eigenvalue weighted by molar-refractivity contribution is 0.222. The van der Waals surface area contributed by atoms with Crippen molar-refractivity contribution in [3.63, 3.8) is 0 Å². The monoisotopic (exact) mass is 278 g/mol. The van der Waals surface area contributed by atoms with E-state index >= 15 is 0 Å². The molecule has 0 bridgehead atoms. The van der Waals surface area contributed by atoms with E-state index in [0.29, 0.717) is 23.7 Å². The van der Waals surface area contributed by atoms with Crippen molar-refractivity contribution in [2.24, 2.45) is 0 Å². The molecule has 0 unspecified atom stereocenters. The van der Waals surface area contributed by atoms with Crippen molar-refractivity contribution in [1.82, 2.24) is 4.90 Å². The molecule has 2 aromatic rings. The minimum atomic E-state index is -0.172. The van der Waals surface area contributed by atoms with E-state index in [-0.39, 0.29) is 6.03 Å². The van der Waals surface area contributed by atoms with Gasteiger partial charge in [0.15, 0.2) is 0 Å². The Bertz CT molecular complexity index is 540. The number of furan rings is 1. The van der Waals surface area contributed by atoms with Crippen LogP contribution in [0.25, 0.3) is 0 Å². The molecule has 1 aromatic carbocycles. The summed E-state index contributed by atoms with van der Waals surface area (Å²) in [6, 6.07) is 10.6. The lowest BCUT2D eigenvalue weighted by atomic mass is 10.3. The van der Waals surface area contributed by atoms with Crippen LogP contribution in [0.1, 0.15) is 5.76 Å². The number of halogens is 1. The van der Waals surface area contributed by atoms with Gasteiger partial charge in [0.2, 0.25) is 0 Å². The SMILES string of the molecule is CN(CCc1ccco1)C(=O)Nc1cccc(Cl)c1. The lowest BCUT2D eigenvalue weighted by Gasteiger charge is -2.17. The molecule has 1 heterocycles. The van der Waals surface area contributed by atoms with Crippen molar-refractivity contribution in [1.29, 1.82) is 0 Å². The fourth-order valence-electron chi connectivity index (χ4n) is 1.62. The van der Waals surface area contributed by atoms with Crippen LogP contribution < -0.4 is 5.32 Å². The van der Waals surface area contributed by atoms with Gasteiger partial charge < -0.3 is 14.6 Å². The number of hydrogen-bond acceptors (Lipinski definition) is 2. The molecule has 0 spiro atoms. The van der Waals surface area contributed by atoms with Crippen molar-refractivity contribution >= 4 is 23.3 Å². The van der Waals surface area contributed by atoms with E-state index in [1.807, 2.05) is 12.1 Å². The number of likely N-dealkylation sites (N-methyl/N-ethyl adjacent to an activating group) is 1. The largest absolute Gasteiger partial charge is 0.469 e. The zero-order valence-electron chi connectivity index (χ0n) is 10.6. The van der Waals surface area contributed by atoms with E-state index in [1.54, 1.807) is 42.5 Å². The molecule has 2 amide bonds. The van der Waals surface area contributed by atoms with Gasteiger partial charge in [-0.15, -0.1) is 0 Å². The first kappa shape index (κ1) is 13.5. The van der Waals surface area contributed by atoms with Crippen molar-refractivity contribution in [2.45, 2.75) is 6.42 Å². The van der Waals surface area contributed by atoms with E-state index in [1.165, 1.54) is 0 Å². The number of urea groups is 1. The third-order valence-corrected chi connectivity index (χ3v) is 2.93. The summed E-state index contributed by atoms with van der Waals surface area (Å²) in [5.74, 6) is 0.863. The van der Waals surface area contributed by atoms with E-state index in [0.717, 1.165) is 5.76 Å². The second-order valence-electron chi connectivity index (χ2n) is 4.19. The number of nitrogens with one attached hydrogen (secondary N) is 1. The summed E-state index contributed by atoms with van der Waals surface area (Å²) in [4.78, 5) is 13.5. The highest BCUT2D eigenvalue weighted by molar-refractivity contribution is 6.30. The summed E-state index contributed by atoms with van der Waals surface area (Å²) < 4.78 is 5.22. The normalized spacial score (nSPS) is 10.2. The Morgan fingerprint density at radius 1 is 1.37 bits per heavy atom. The molecule has 0 fully saturated rings. The second-order valence-corrected chi connectivity index (χ2v) is 4.63. The Labute approximate surface area is 117 Å². The topological polar surface area (TPSA) is 45.5 Å². The number of rotatable bonds is 4. The standard InChI is InChI=1S/C14H15ClN2O2/c1-17(8-7-13-6-3-9-19-13)14(18)16-12-5-2-4-11(15)10-12/h2-6,9-10H,7-8H2,1H3,(H,16,18). The third-order valence-electron chi connectivity index (χ3n) is 2.70. The predicted molar refractivity (Wildman–Crippen MR) is 75.5 cm³/mol. The third kappa shape index (κ3) is 4.03. The van der Waals surface area contributed by atoms with Gasteiger partial charge in [-0.1, -0.05) is 17.7 Å². The van der Waals surface area contributed by atoms with Gasteiger partial charge in [-0.25, -0.2) is 4.79 Å². The Hall–Kier alpha value is -1.94. The van der Waals surface area contributed by atoms with Crippen LogP contribution in [0.2, 0.25) is 5.02 Å². The predicted octanol–water partition coefficient (Wildman–Crippen LogP) is 3.64. The van der Waals surface area contributed by atoms with Gasteiger partial charge in [-0.3, -0.25) is 0 Å². The summed E-state index contributed by atoms with van der Waals surface area (Å²) in [5.41, 5.74) is 0.683. The van der Waals surface area contributed by atoms with Crippen LogP contribution >= 0.6 is 11.6 Å². The minimum Gasteiger partial charge on any atom is -0.469 e. The molecule has 0 radical (unpaired) electrons. The molecule has 0 aliphatic rings. The van der Waals surface area contributed by atoms with Gasteiger partial charge >= 0.3 is 6.03 Å². The molecule has 19 heavy (non-hydrogen) atoms. The highest BCUT2D eigenvalue weighted by Gasteiger charge is 2.09. The summed E-state index contributed by atoms with van der Waals surface area (Å²) in [7, 11) is 1.74. The second kappa shape index (κ2) is 6.29. The highest BCUT2D eigenvalue weighted by atomic mass is 35.5. The summed E-state index contributed by atoms with van der Waals surface area (Å²) in [6.45, 7) is 0.583. The van der Waals surface area contributed by atoms with Gasteiger partial charge in [0.1, 0.15) is 5.76 Å². The molecule has 5 heteroatoms. The van der Waals surface area contributed by atoms with Gasteiger partial charge in [0, 0.05) is 30.7 Å². The van der Waals surface area contributed by atoms with Crippen LogP contribution in [-0.4, -0.2) is 24.5 Å². The molecule has 0 aliphatic heterocycles. The van der Waals surface area contributed by atoms with Crippen molar-refractivity contribution in [3.05, 3.63) is 53.4 Å². The Morgan fingerprint density at radius 3 is 2.89 bits per heavy atom. The van der Waals surface area contributed by atoms with Gasteiger partial charge in [-0.05, 0) is 30.3 Å². The first-order valence-corrected chi connectivity index (χ1v) is 6.33. The number of carbonyl (C=O) groups excluding carboxylic acids is 1. The molecule has 4 nitrogen and oxygen atoms in total. The number of benzene rings is 1. The van der Waals surface area contributed by atoms with E-state index in [4.69, 9.17) is 16.0 Å². The molecule has 0 saturated heterocycles. The Morgan fingerprint density at radius 2 is 2.21 bits per heavy atom. The molecule has 2 rings (SSSR count). The number of carbonyl (C=O) groups is 1. The Kier molecular flexibility index (Phi) is 4.47. The summed E-state index contributed by atoms with van der Waals surface area (Å²) in [5, 5.41) is 3.38. The highest BCUT2D eigenvalue weighted by Crippen LogP contribution is 2.15. The number of hydrogen-bond donors (Lipinski definition) is 1. The molecule has 1 N–H and O–H groups in total. The van der Waals surface area contributed by atoms with Crippen LogP contribution in [0.5, 0.6) is 0 Å². The van der Waals surface area contributed by atoms with Gasteiger partial charge in [0.05, 0.1) is 6.26 Å². The Balaban J connectivity index is 1.85. The fraction of sp³-hybridized carbons (Fsp3) is 0.214. The number of nitrogens with zero attached hydrogens (tertiary/aromatic N) is 1. The number of anilines is 1. The molecule has 100 valence electrons. The van der Waals surface area contributed by atoms with Crippen molar-refractivity contribution in [2.75, 3.05) is 18.9 Å². The van der Waals surface area contributed by atoms with E-state index in [9.17, 15) is 4.79 Å². The van der Waals surface area contributed by atoms with Crippen LogP contribution in [0.3, 0.4) is 0 Å². The lowest BCUT2D eigenvalue weighted by Crippen LogP contribution is -2.32. The van der Waals surface area contributed by atoms with Crippen molar-refractivity contribution < 1.29 is 9.21 Å². The zero-order chi connectivity index (χ0) is 13.7. The summed E-state index contributed by atoms with van der Waals surface area (Å²) in [6.07, 6.45) is 2.31. The van der Waals surface area contributed by atoms with E-state index < -0.39 is 0 Å². The minimum absolute atomic E-state index is 0.172.